The molecule has 296 valence electrons. The lowest BCUT2D eigenvalue weighted by Crippen LogP contribution is -2.45. The lowest BCUT2D eigenvalue weighted by molar-refractivity contribution is 0.0364. The first-order valence-electron chi connectivity index (χ1n) is 18.6. The molecule has 1 heterocycles. The number of carbonyl (C=O) groups is 2. The Morgan fingerprint density at radius 1 is 0.815 bits per heavy atom. The predicted octanol–water partition coefficient (Wildman–Crippen LogP) is 8.43. The highest BCUT2D eigenvalue weighted by atomic mass is 32.2. The molecule has 0 spiro atoms. The van der Waals surface area contributed by atoms with Crippen LogP contribution in [0.2, 0.25) is 18.1 Å². The lowest BCUT2D eigenvalue weighted by Gasteiger charge is -2.41. The second kappa shape index (κ2) is 17.1. The predicted molar refractivity (Wildman–Crippen MR) is 214 cm³/mol. The largest absolute Gasteiger partial charge is 0.467 e. The maximum atomic E-state index is 14.2. The maximum absolute atomic E-state index is 14.2. The average molecular weight is 782 g/mol. The average Bonchev–Trinajstić information content (AvgIpc) is 3.43. The van der Waals surface area contributed by atoms with Crippen molar-refractivity contribution in [3.8, 4) is 5.75 Å². The number of hydrogen-bond donors (Lipinski definition) is 0. The van der Waals surface area contributed by atoms with Crippen LogP contribution in [-0.4, -0.2) is 78.4 Å². The number of benzene rings is 3. The van der Waals surface area contributed by atoms with Gasteiger partial charge in [0.05, 0.1) is 17.2 Å². The number of esters is 2. The van der Waals surface area contributed by atoms with Gasteiger partial charge in [0.1, 0.15) is 24.2 Å². The van der Waals surface area contributed by atoms with E-state index in [1.54, 1.807) is 48.5 Å². The third-order valence-electron chi connectivity index (χ3n) is 10.7. The van der Waals surface area contributed by atoms with Gasteiger partial charge < -0.3 is 23.4 Å². The Morgan fingerprint density at radius 2 is 1.28 bits per heavy atom. The van der Waals surface area contributed by atoms with Gasteiger partial charge in [-0.25, -0.2) is 22.3 Å². The van der Waals surface area contributed by atoms with Crippen LogP contribution in [0.4, 0.5) is 0 Å². The second-order valence-electron chi connectivity index (χ2n) is 16.8. The number of rotatable bonds is 16. The SMILES string of the molecule is CCN1CC[C@H]([C@H](O[Si](C)(C)C(C)(C)C)c2cc(C(C)(C)COC(=O)c3ccccc3)c(OCOC)c(C(C)(C)COC(=O)c3ccccc3)c2)S1(=O)=O. The van der Waals surface area contributed by atoms with Crippen molar-refractivity contribution < 1.29 is 41.4 Å². The van der Waals surface area contributed by atoms with Crippen LogP contribution in [0.25, 0.3) is 0 Å². The molecule has 0 aromatic heterocycles. The highest BCUT2D eigenvalue weighted by Crippen LogP contribution is 2.48. The number of nitrogens with zero attached hydrogens (tertiary/aromatic N) is 1. The molecule has 0 aliphatic carbocycles. The smallest absolute Gasteiger partial charge is 0.338 e. The van der Waals surface area contributed by atoms with Crippen LogP contribution in [0.5, 0.6) is 5.75 Å². The van der Waals surface area contributed by atoms with Gasteiger partial charge in [0.15, 0.2) is 15.1 Å². The summed E-state index contributed by atoms with van der Waals surface area (Å²) in [7, 11) is -4.78. The number of carbonyl (C=O) groups excluding carboxylic acids is 2. The topological polar surface area (TPSA) is 118 Å². The molecule has 0 amide bonds. The van der Waals surface area contributed by atoms with E-state index in [2.05, 4.69) is 33.9 Å². The summed E-state index contributed by atoms with van der Waals surface area (Å²) < 4.78 is 60.7. The van der Waals surface area contributed by atoms with Crippen molar-refractivity contribution in [1.29, 1.82) is 0 Å². The molecule has 0 saturated carbocycles. The van der Waals surface area contributed by atoms with E-state index < -0.39 is 52.5 Å². The molecule has 2 atom stereocenters. The van der Waals surface area contributed by atoms with Gasteiger partial charge in [-0.2, -0.15) is 0 Å². The van der Waals surface area contributed by atoms with E-state index in [0.29, 0.717) is 53.1 Å². The lowest BCUT2D eigenvalue weighted by atomic mass is 9.76. The van der Waals surface area contributed by atoms with Crippen molar-refractivity contribution in [1.82, 2.24) is 4.31 Å². The third-order valence-corrected chi connectivity index (χ3v) is 17.6. The Labute approximate surface area is 323 Å². The fourth-order valence-corrected chi connectivity index (χ4v) is 9.71. The standard InChI is InChI=1S/C42H59NO9SSi/c1-12-43-24-23-35(53(43,46)47)36(52-54(10,11)40(2,3)4)32-25-33(41(5,6)27-49-38(44)30-19-15-13-16-20-30)37(51-29-48-9)34(26-32)42(7,8)28-50-39(45)31-21-17-14-18-22-31/h13-22,25-26,35-36H,12,23-24,27-29H2,1-11H3/t35-,36-/m1/s1. The quantitative estimate of drug-likeness (QED) is 0.0802. The zero-order valence-corrected chi connectivity index (χ0v) is 35.7. The number of sulfonamides is 1. The first kappa shape index (κ1) is 43.2. The molecule has 12 heteroatoms. The highest BCUT2D eigenvalue weighted by Gasteiger charge is 2.49. The van der Waals surface area contributed by atoms with Crippen molar-refractivity contribution in [2.45, 2.75) is 102 Å². The van der Waals surface area contributed by atoms with Gasteiger partial charge in [0, 0.05) is 42.2 Å². The molecule has 1 fully saturated rings. The highest BCUT2D eigenvalue weighted by molar-refractivity contribution is 7.90. The van der Waals surface area contributed by atoms with Crippen molar-refractivity contribution in [3.63, 3.8) is 0 Å². The van der Waals surface area contributed by atoms with Gasteiger partial charge in [0.25, 0.3) is 0 Å². The molecule has 0 N–H and O–H groups in total. The molecular formula is C42H59NO9SSi. The van der Waals surface area contributed by atoms with E-state index in [4.69, 9.17) is 23.4 Å². The van der Waals surface area contributed by atoms with Crippen molar-refractivity contribution in [2.75, 3.05) is 40.2 Å². The summed E-state index contributed by atoms with van der Waals surface area (Å²) in [5.74, 6) is -0.468. The minimum Gasteiger partial charge on any atom is -0.467 e. The Bertz CT molecular complexity index is 1770. The maximum Gasteiger partial charge on any atom is 0.338 e. The fourth-order valence-electron chi connectivity index (χ4n) is 6.29. The molecule has 0 bridgehead atoms. The minimum absolute atomic E-state index is 0.0184. The Hall–Kier alpha value is -3.55. The van der Waals surface area contributed by atoms with Crippen LogP contribution >= 0.6 is 0 Å². The summed E-state index contributed by atoms with van der Waals surface area (Å²) in [6.07, 6.45) is -0.426. The number of methoxy groups -OCH3 is 1. The van der Waals surface area contributed by atoms with Crippen molar-refractivity contribution in [3.05, 3.63) is 101 Å². The summed E-state index contributed by atoms with van der Waals surface area (Å²) in [4.78, 5) is 26.4. The Balaban J connectivity index is 1.94. The second-order valence-corrected chi connectivity index (χ2v) is 23.7. The zero-order valence-electron chi connectivity index (χ0n) is 33.9. The molecule has 1 saturated heterocycles. The van der Waals surface area contributed by atoms with Crippen molar-refractivity contribution >= 4 is 30.3 Å². The van der Waals surface area contributed by atoms with Crippen LogP contribution in [0, 0.1) is 0 Å². The molecule has 54 heavy (non-hydrogen) atoms. The zero-order chi connectivity index (χ0) is 40.1. The molecule has 3 aromatic carbocycles. The minimum atomic E-state index is -3.73. The van der Waals surface area contributed by atoms with E-state index in [9.17, 15) is 18.0 Å². The van der Waals surface area contributed by atoms with E-state index in [0.717, 1.165) is 0 Å². The van der Waals surface area contributed by atoms with Crippen LogP contribution in [0.15, 0.2) is 72.8 Å². The first-order chi connectivity index (χ1) is 25.2. The first-order valence-corrected chi connectivity index (χ1v) is 23.0. The summed E-state index contributed by atoms with van der Waals surface area (Å²) in [5, 5.41) is -1.06. The molecule has 4 rings (SSSR count). The Kier molecular flexibility index (Phi) is 13.7. The van der Waals surface area contributed by atoms with E-state index in [1.807, 2.05) is 58.9 Å². The van der Waals surface area contributed by atoms with Crippen LogP contribution in [0.3, 0.4) is 0 Å². The van der Waals surface area contributed by atoms with E-state index >= 15 is 0 Å². The van der Waals surface area contributed by atoms with Gasteiger partial charge in [-0.05, 0) is 66.5 Å². The van der Waals surface area contributed by atoms with Crippen LogP contribution < -0.4 is 4.74 Å². The van der Waals surface area contributed by atoms with E-state index in [-0.39, 0.29) is 25.0 Å². The van der Waals surface area contributed by atoms with E-state index in [1.165, 1.54) is 11.4 Å². The number of ether oxygens (including phenoxy) is 4. The van der Waals surface area contributed by atoms with Gasteiger partial charge in [-0.15, -0.1) is 0 Å². The Morgan fingerprint density at radius 3 is 1.67 bits per heavy atom. The van der Waals surface area contributed by atoms with Crippen LogP contribution in [-0.2, 0) is 39.5 Å². The van der Waals surface area contributed by atoms with Crippen molar-refractivity contribution in [2.24, 2.45) is 0 Å². The fraction of sp³-hybridized carbons (Fsp3) is 0.524. The summed E-state index contributed by atoms with van der Waals surface area (Å²) in [6.45, 7) is 20.9. The van der Waals surface area contributed by atoms with Gasteiger partial charge in [-0.3, -0.25) is 0 Å². The normalized spacial score (nSPS) is 17.2. The third kappa shape index (κ3) is 9.81. The molecule has 3 aromatic rings. The monoisotopic (exact) mass is 781 g/mol. The molecule has 10 nitrogen and oxygen atoms in total. The molecular weight excluding hydrogens is 723 g/mol. The van der Waals surface area contributed by atoms with Gasteiger partial charge >= 0.3 is 11.9 Å². The van der Waals surface area contributed by atoms with Crippen LogP contribution in [0.1, 0.15) is 105 Å². The molecule has 0 radical (unpaired) electrons. The molecule has 1 aliphatic heterocycles. The van der Waals surface area contributed by atoms with Gasteiger partial charge in [0.2, 0.25) is 10.0 Å². The summed E-state index contributed by atoms with van der Waals surface area (Å²) in [5.41, 5.74) is 1.13. The van der Waals surface area contributed by atoms with Gasteiger partial charge in [-0.1, -0.05) is 91.8 Å². The summed E-state index contributed by atoms with van der Waals surface area (Å²) >= 11 is 0. The molecule has 0 unspecified atom stereocenters. The summed E-state index contributed by atoms with van der Waals surface area (Å²) in [6, 6.07) is 21.5. The number of hydrogen-bond acceptors (Lipinski definition) is 9. The molecule has 1 aliphatic rings.